The maximum absolute atomic E-state index is 11.0. The van der Waals surface area contributed by atoms with Crippen molar-refractivity contribution >= 4 is 40.1 Å². The van der Waals surface area contributed by atoms with Gasteiger partial charge in [0.05, 0.1) is 21.4 Å². The van der Waals surface area contributed by atoms with Crippen molar-refractivity contribution in [3.8, 4) is 0 Å². The standard InChI is InChI=1S/C11H6ClN5O2S/c12-11-14-9-6(5-13-16-9)10(15-11)20-8-4-2-1-3-7(8)17(18)19/h1-5H,(H,13,14,15,16). The molecular formula is C11H6ClN5O2S. The van der Waals surface area contributed by atoms with E-state index in [9.17, 15) is 10.1 Å². The first-order valence-corrected chi connectivity index (χ1v) is 6.62. The Kier molecular flexibility index (Phi) is 3.25. The van der Waals surface area contributed by atoms with Crippen molar-refractivity contribution < 1.29 is 4.92 Å². The molecule has 100 valence electrons. The maximum Gasteiger partial charge on any atom is 0.283 e. The summed E-state index contributed by atoms with van der Waals surface area (Å²) >= 11 is 6.99. The number of rotatable bonds is 3. The summed E-state index contributed by atoms with van der Waals surface area (Å²) in [4.78, 5) is 19.1. The zero-order valence-electron chi connectivity index (χ0n) is 9.78. The van der Waals surface area contributed by atoms with Crippen LogP contribution in [0.3, 0.4) is 0 Å². The highest BCUT2D eigenvalue weighted by atomic mass is 35.5. The smallest absolute Gasteiger partial charge is 0.261 e. The van der Waals surface area contributed by atoms with E-state index in [2.05, 4.69) is 20.2 Å². The highest BCUT2D eigenvalue weighted by molar-refractivity contribution is 7.99. The number of hydrogen-bond donors (Lipinski definition) is 1. The number of para-hydroxylation sites is 1. The summed E-state index contributed by atoms with van der Waals surface area (Å²) < 4.78 is 0. The van der Waals surface area contributed by atoms with Crippen molar-refractivity contribution in [2.45, 2.75) is 9.92 Å². The van der Waals surface area contributed by atoms with Gasteiger partial charge in [-0.2, -0.15) is 10.1 Å². The quantitative estimate of drug-likeness (QED) is 0.345. The second-order valence-corrected chi connectivity index (χ2v) is 5.13. The van der Waals surface area contributed by atoms with Gasteiger partial charge in [0.15, 0.2) is 5.65 Å². The fraction of sp³-hybridized carbons (Fsp3) is 0. The summed E-state index contributed by atoms with van der Waals surface area (Å²) in [7, 11) is 0. The average molecular weight is 308 g/mol. The summed E-state index contributed by atoms with van der Waals surface area (Å²) in [5, 5.41) is 18.8. The van der Waals surface area contributed by atoms with Crippen molar-refractivity contribution in [1.82, 2.24) is 20.2 Å². The third kappa shape index (κ3) is 2.30. The van der Waals surface area contributed by atoms with Gasteiger partial charge in [-0.15, -0.1) is 0 Å². The normalized spacial score (nSPS) is 10.8. The Morgan fingerprint density at radius 2 is 2.10 bits per heavy atom. The van der Waals surface area contributed by atoms with E-state index >= 15 is 0 Å². The molecule has 9 heteroatoms. The molecular weight excluding hydrogens is 302 g/mol. The SMILES string of the molecule is O=[N+]([O-])c1ccccc1Sc1nc(Cl)nc2[nH]ncc12. The Labute approximate surface area is 121 Å². The molecule has 0 saturated carbocycles. The molecule has 3 rings (SSSR count). The number of nitro groups is 1. The van der Waals surface area contributed by atoms with E-state index in [1.165, 1.54) is 6.07 Å². The molecule has 7 nitrogen and oxygen atoms in total. The summed E-state index contributed by atoms with van der Waals surface area (Å²) in [6, 6.07) is 6.44. The van der Waals surface area contributed by atoms with Crippen LogP contribution in [-0.2, 0) is 0 Å². The molecule has 2 aromatic heterocycles. The lowest BCUT2D eigenvalue weighted by molar-refractivity contribution is -0.387. The van der Waals surface area contributed by atoms with Crippen molar-refractivity contribution in [2.24, 2.45) is 0 Å². The number of hydrogen-bond acceptors (Lipinski definition) is 6. The van der Waals surface area contributed by atoms with E-state index in [4.69, 9.17) is 11.6 Å². The van der Waals surface area contributed by atoms with Gasteiger partial charge in [-0.1, -0.05) is 23.9 Å². The second-order valence-electron chi connectivity index (χ2n) is 3.76. The van der Waals surface area contributed by atoms with Crippen LogP contribution in [0.1, 0.15) is 0 Å². The Bertz CT molecular complexity index is 806. The van der Waals surface area contributed by atoms with E-state index in [1.807, 2.05) is 0 Å². The number of benzene rings is 1. The van der Waals surface area contributed by atoms with Gasteiger partial charge >= 0.3 is 0 Å². The number of halogens is 1. The largest absolute Gasteiger partial charge is 0.283 e. The lowest BCUT2D eigenvalue weighted by atomic mass is 10.3. The zero-order valence-corrected chi connectivity index (χ0v) is 11.4. The third-order valence-electron chi connectivity index (χ3n) is 2.52. The molecule has 0 aliphatic rings. The summed E-state index contributed by atoms with van der Waals surface area (Å²) in [5.74, 6) is 0. The Hall–Kier alpha value is -2.19. The van der Waals surface area contributed by atoms with E-state index in [0.29, 0.717) is 21.0 Å². The van der Waals surface area contributed by atoms with Crippen LogP contribution in [0.4, 0.5) is 5.69 Å². The van der Waals surface area contributed by atoms with Crippen molar-refractivity contribution in [2.75, 3.05) is 0 Å². The minimum absolute atomic E-state index is 0.0175. The van der Waals surface area contributed by atoms with E-state index < -0.39 is 4.92 Å². The molecule has 0 aliphatic carbocycles. The topological polar surface area (TPSA) is 97.6 Å². The molecule has 0 saturated heterocycles. The van der Waals surface area contributed by atoms with Crippen LogP contribution in [0, 0.1) is 10.1 Å². The van der Waals surface area contributed by atoms with Crippen molar-refractivity contribution in [3.05, 3.63) is 45.9 Å². The lowest BCUT2D eigenvalue weighted by Crippen LogP contribution is -1.92. The summed E-state index contributed by atoms with van der Waals surface area (Å²) in [5.41, 5.74) is 0.509. The molecule has 0 fully saturated rings. The number of nitro benzene ring substituents is 1. The van der Waals surface area contributed by atoms with Gasteiger partial charge in [-0.05, 0) is 17.7 Å². The maximum atomic E-state index is 11.0. The molecule has 0 radical (unpaired) electrons. The Balaban J connectivity index is 2.10. The van der Waals surface area contributed by atoms with Crippen LogP contribution in [0.2, 0.25) is 5.28 Å². The molecule has 0 unspecified atom stereocenters. The monoisotopic (exact) mass is 307 g/mol. The van der Waals surface area contributed by atoms with Crippen LogP contribution in [0.25, 0.3) is 11.0 Å². The predicted octanol–water partition coefficient (Wildman–Crippen LogP) is 3.07. The predicted molar refractivity (Wildman–Crippen MR) is 73.9 cm³/mol. The lowest BCUT2D eigenvalue weighted by Gasteiger charge is -2.03. The Morgan fingerprint density at radius 1 is 1.30 bits per heavy atom. The molecule has 0 bridgehead atoms. The van der Waals surface area contributed by atoms with Crippen LogP contribution in [0.5, 0.6) is 0 Å². The highest BCUT2D eigenvalue weighted by Gasteiger charge is 2.17. The molecule has 20 heavy (non-hydrogen) atoms. The van der Waals surface area contributed by atoms with Gasteiger partial charge in [-0.3, -0.25) is 15.2 Å². The summed E-state index contributed by atoms with van der Waals surface area (Å²) in [6.45, 7) is 0. The molecule has 0 atom stereocenters. The molecule has 1 aromatic carbocycles. The van der Waals surface area contributed by atoms with E-state index in [-0.39, 0.29) is 11.0 Å². The average Bonchev–Trinajstić information content (AvgIpc) is 2.87. The minimum Gasteiger partial charge on any atom is -0.261 e. The van der Waals surface area contributed by atoms with Crippen molar-refractivity contribution in [1.29, 1.82) is 0 Å². The number of fused-ring (bicyclic) bond motifs is 1. The molecule has 0 amide bonds. The number of aromatic nitrogens is 4. The molecule has 0 aliphatic heterocycles. The fourth-order valence-corrected chi connectivity index (χ4v) is 2.87. The highest BCUT2D eigenvalue weighted by Crippen LogP contribution is 2.36. The van der Waals surface area contributed by atoms with Crippen LogP contribution < -0.4 is 0 Å². The van der Waals surface area contributed by atoms with E-state index in [1.54, 1.807) is 24.4 Å². The zero-order chi connectivity index (χ0) is 14.1. The molecule has 2 heterocycles. The summed E-state index contributed by atoms with van der Waals surface area (Å²) in [6.07, 6.45) is 1.56. The Morgan fingerprint density at radius 3 is 2.90 bits per heavy atom. The first-order valence-electron chi connectivity index (χ1n) is 5.43. The first kappa shape index (κ1) is 12.8. The number of H-pyrrole nitrogens is 1. The fourth-order valence-electron chi connectivity index (χ4n) is 1.66. The van der Waals surface area contributed by atoms with Gasteiger partial charge in [-0.25, -0.2) is 4.98 Å². The van der Waals surface area contributed by atoms with Gasteiger partial charge in [0.25, 0.3) is 5.69 Å². The number of aromatic amines is 1. The van der Waals surface area contributed by atoms with Crippen LogP contribution in [-0.4, -0.2) is 25.1 Å². The van der Waals surface area contributed by atoms with Gasteiger partial charge in [0, 0.05) is 6.07 Å². The van der Waals surface area contributed by atoms with Gasteiger partial charge in [0.2, 0.25) is 5.28 Å². The van der Waals surface area contributed by atoms with E-state index in [0.717, 1.165) is 11.8 Å². The van der Waals surface area contributed by atoms with Crippen LogP contribution in [0.15, 0.2) is 40.4 Å². The van der Waals surface area contributed by atoms with Crippen LogP contribution >= 0.6 is 23.4 Å². The molecule has 1 N–H and O–H groups in total. The minimum atomic E-state index is -0.433. The second kappa shape index (κ2) is 5.06. The van der Waals surface area contributed by atoms with Gasteiger partial charge < -0.3 is 0 Å². The molecule has 0 spiro atoms. The number of nitrogens with one attached hydrogen (secondary N) is 1. The van der Waals surface area contributed by atoms with Gasteiger partial charge in [0.1, 0.15) is 5.03 Å². The first-order chi connectivity index (χ1) is 9.65. The third-order valence-corrected chi connectivity index (χ3v) is 3.75. The van der Waals surface area contributed by atoms with Crippen molar-refractivity contribution in [3.63, 3.8) is 0 Å². The number of nitrogens with zero attached hydrogens (tertiary/aromatic N) is 4. The molecule has 3 aromatic rings.